The number of likely N-dealkylation sites (tertiary alicyclic amines) is 1. The number of sulfonamides is 1. The number of benzene rings is 2. The van der Waals surface area contributed by atoms with Crippen molar-refractivity contribution in [3.8, 4) is 0 Å². The molecular weight excluding hydrogens is 519 g/mol. The zero-order valence-electron chi connectivity index (χ0n) is 21.6. The highest BCUT2D eigenvalue weighted by atomic mass is 35.5. The minimum absolute atomic E-state index is 0.0651. The van der Waals surface area contributed by atoms with E-state index >= 15 is 0 Å². The zero-order chi connectivity index (χ0) is 26.0. The number of likely N-dealkylation sites (N-methyl/N-ethyl adjacent to an activating group) is 1. The van der Waals surface area contributed by atoms with Gasteiger partial charge in [-0.2, -0.15) is 0 Å². The normalized spacial score (nSPS) is 18.8. The topological polar surface area (TPSA) is 49.9 Å². The number of hydrogen-bond donors (Lipinski definition) is 0. The molecule has 1 fully saturated rings. The second-order valence-electron chi connectivity index (χ2n) is 11.0. The smallest absolute Gasteiger partial charge is 0.218 e. The van der Waals surface area contributed by atoms with Gasteiger partial charge in [0.15, 0.2) is 8.32 Å². The molecule has 0 spiro atoms. The van der Waals surface area contributed by atoms with E-state index in [1.807, 2.05) is 18.2 Å². The highest BCUT2D eigenvalue weighted by Gasteiger charge is 2.41. The van der Waals surface area contributed by atoms with Gasteiger partial charge in [-0.1, -0.05) is 80.4 Å². The Morgan fingerprint density at radius 1 is 1.14 bits per heavy atom. The van der Waals surface area contributed by atoms with Crippen LogP contribution in [0.15, 0.2) is 48.5 Å². The van der Waals surface area contributed by atoms with Crippen LogP contribution >= 0.6 is 23.2 Å². The molecule has 0 saturated carbocycles. The summed E-state index contributed by atoms with van der Waals surface area (Å²) < 4.78 is 34.7. The van der Waals surface area contributed by atoms with E-state index in [0.29, 0.717) is 22.2 Å². The molecular formula is C26H38Cl2N2O3SSi. The Bertz CT molecular complexity index is 1110. The van der Waals surface area contributed by atoms with Crippen molar-refractivity contribution in [2.75, 3.05) is 26.7 Å². The third-order valence-electron chi connectivity index (χ3n) is 7.33. The minimum atomic E-state index is -3.59. The fraction of sp³-hybridized carbons (Fsp3) is 0.538. The lowest BCUT2D eigenvalue weighted by molar-refractivity contribution is 0.156. The molecule has 1 heterocycles. The molecule has 0 N–H and O–H groups in total. The third kappa shape index (κ3) is 7.31. The van der Waals surface area contributed by atoms with Gasteiger partial charge in [0.1, 0.15) is 0 Å². The van der Waals surface area contributed by atoms with Gasteiger partial charge in [-0.15, -0.1) is 0 Å². The van der Waals surface area contributed by atoms with Crippen LogP contribution in [0.2, 0.25) is 28.2 Å². The summed E-state index contributed by atoms with van der Waals surface area (Å²) in [4.78, 5) is 2.37. The molecule has 1 aliphatic rings. The molecule has 0 aliphatic carbocycles. The number of rotatable bonds is 9. The van der Waals surface area contributed by atoms with Gasteiger partial charge in [0.05, 0.1) is 11.9 Å². The second-order valence-corrected chi connectivity index (χ2v) is 18.7. The summed E-state index contributed by atoms with van der Waals surface area (Å²) in [5.41, 5.74) is 1.65. The Balaban J connectivity index is 1.77. The maximum atomic E-state index is 13.3. The Morgan fingerprint density at radius 2 is 1.80 bits per heavy atom. The first-order chi connectivity index (χ1) is 16.2. The summed E-state index contributed by atoms with van der Waals surface area (Å²) in [6.07, 6.45) is 1.11. The Labute approximate surface area is 222 Å². The first kappa shape index (κ1) is 28.6. The lowest BCUT2D eigenvalue weighted by Gasteiger charge is -2.38. The first-order valence-electron chi connectivity index (χ1n) is 12.0. The molecule has 35 heavy (non-hydrogen) atoms. The van der Waals surface area contributed by atoms with Crippen LogP contribution in [0, 0.1) is 0 Å². The largest absolute Gasteiger partial charge is 0.413 e. The van der Waals surface area contributed by atoms with Crippen molar-refractivity contribution in [1.82, 2.24) is 9.21 Å². The monoisotopic (exact) mass is 556 g/mol. The van der Waals surface area contributed by atoms with Crippen LogP contribution in [0.1, 0.15) is 44.4 Å². The van der Waals surface area contributed by atoms with E-state index in [4.69, 9.17) is 27.6 Å². The molecule has 2 aromatic rings. The summed E-state index contributed by atoms with van der Waals surface area (Å²) in [5.74, 6) is -0.169. The van der Waals surface area contributed by atoms with E-state index in [-0.39, 0.29) is 22.9 Å². The van der Waals surface area contributed by atoms with E-state index in [9.17, 15) is 8.42 Å². The predicted molar refractivity (Wildman–Crippen MR) is 149 cm³/mol. The van der Waals surface area contributed by atoms with Crippen LogP contribution < -0.4 is 0 Å². The summed E-state index contributed by atoms with van der Waals surface area (Å²) in [7, 11) is -3.82. The molecule has 2 atom stereocenters. The minimum Gasteiger partial charge on any atom is -0.413 e. The molecule has 0 radical (unpaired) electrons. The van der Waals surface area contributed by atoms with E-state index in [2.05, 4.69) is 50.9 Å². The second kappa shape index (κ2) is 11.2. The molecule has 0 amide bonds. The molecule has 0 bridgehead atoms. The lowest BCUT2D eigenvalue weighted by atomic mass is 10.1. The highest BCUT2D eigenvalue weighted by molar-refractivity contribution is 7.88. The van der Waals surface area contributed by atoms with E-state index in [0.717, 1.165) is 25.1 Å². The van der Waals surface area contributed by atoms with Gasteiger partial charge in [0, 0.05) is 42.8 Å². The average molecular weight is 558 g/mol. The third-order valence-corrected chi connectivity index (χ3v) is 14.2. The van der Waals surface area contributed by atoms with Gasteiger partial charge in [-0.05, 0) is 47.8 Å². The SMILES string of the molecule is CN(C[C@@H](c1ccccc1)N1CC[C@H](O[Si](C)(C)C(C)(C)C)C1)S(=O)(=O)Cc1ccc(Cl)cc1Cl. The van der Waals surface area contributed by atoms with Crippen LogP contribution in [0.3, 0.4) is 0 Å². The predicted octanol–water partition coefficient (Wildman–Crippen LogP) is 6.59. The lowest BCUT2D eigenvalue weighted by Crippen LogP contribution is -2.45. The molecule has 3 rings (SSSR count). The van der Waals surface area contributed by atoms with Crippen LogP contribution in [0.25, 0.3) is 0 Å². The summed E-state index contributed by atoms with van der Waals surface area (Å²) in [5, 5.41) is 0.993. The summed E-state index contributed by atoms with van der Waals surface area (Å²) in [6, 6.07) is 15.0. The molecule has 194 valence electrons. The maximum absolute atomic E-state index is 13.3. The molecule has 2 aromatic carbocycles. The van der Waals surface area contributed by atoms with Crippen LogP contribution in [-0.2, 0) is 20.2 Å². The van der Waals surface area contributed by atoms with Gasteiger partial charge >= 0.3 is 0 Å². The first-order valence-corrected chi connectivity index (χ1v) is 17.3. The fourth-order valence-corrected chi connectivity index (χ4v) is 7.30. The number of hydrogen-bond acceptors (Lipinski definition) is 4. The molecule has 1 aliphatic heterocycles. The number of halogens is 2. The van der Waals surface area contributed by atoms with Crippen molar-refractivity contribution < 1.29 is 12.8 Å². The maximum Gasteiger partial charge on any atom is 0.218 e. The standard InChI is InChI=1S/C26H38Cl2N2O3SSi/c1-26(2,3)35(5,6)33-23-14-15-30(17-23)25(20-10-8-7-9-11-20)18-29(4)34(31,32)19-21-12-13-22(27)16-24(21)28/h7-13,16,23,25H,14-15,17-19H2,1-6H3/t23-,25-/m0/s1. The molecule has 0 unspecified atom stereocenters. The van der Waals surface area contributed by atoms with Crippen molar-refractivity contribution in [2.24, 2.45) is 0 Å². The van der Waals surface area contributed by atoms with Crippen molar-refractivity contribution in [3.63, 3.8) is 0 Å². The van der Waals surface area contributed by atoms with E-state index < -0.39 is 18.3 Å². The summed E-state index contributed by atoms with van der Waals surface area (Å²) >= 11 is 12.2. The Kier molecular flexibility index (Phi) is 9.17. The van der Waals surface area contributed by atoms with Crippen molar-refractivity contribution >= 4 is 41.5 Å². The number of nitrogens with zero attached hydrogens (tertiary/aromatic N) is 2. The van der Waals surface area contributed by atoms with Gasteiger partial charge < -0.3 is 4.43 Å². The van der Waals surface area contributed by atoms with Crippen molar-refractivity contribution in [1.29, 1.82) is 0 Å². The van der Waals surface area contributed by atoms with Crippen molar-refractivity contribution in [3.05, 3.63) is 69.7 Å². The quantitative estimate of drug-likeness (QED) is 0.327. The van der Waals surface area contributed by atoms with Gasteiger partial charge in [-0.25, -0.2) is 12.7 Å². The van der Waals surface area contributed by atoms with Gasteiger partial charge in [-0.3, -0.25) is 4.90 Å². The molecule has 1 saturated heterocycles. The van der Waals surface area contributed by atoms with Gasteiger partial charge in [0.2, 0.25) is 10.0 Å². The van der Waals surface area contributed by atoms with E-state index in [1.165, 1.54) is 4.31 Å². The summed E-state index contributed by atoms with van der Waals surface area (Å²) in [6.45, 7) is 13.4. The van der Waals surface area contributed by atoms with E-state index in [1.54, 1.807) is 25.2 Å². The zero-order valence-corrected chi connectivity index (χ0v) is 24.9. The van der Waals surface area contributed by atoms with Crippen LogP contribution in [0.4, 0.5) is 0 Å². The Morgan fingerprint density at radius 3 is 2.40 bits per heavy atom. The Hall–Kier alpha value is -0.933. The molecule has 0 aromatic heterocycles. The van der Waals surface area contributed by atoms with Gasteiger partial charge in [0.25, 0.3) is 0 Å². The van der Waals surface area contributed by atoms with Crippen LogP contribution in [-0.4, -0.2) is 58.7 Å². The fourth-order valence-electron chi connectivity index (χ4n) is 4.14. The molecule has 5 nitrogen and oxygen atoms in total. The van der Waals surface area contributed by atoms with Crippen molar-refractivity contribution in [2.45, 2.75) is 63.2 Å². The average Bonchev–Trinajstić information content (AvgIpc) is 3.21. The molecule has 9 heteroatoms. The highest BCUT2D eigenvalue weighted by Crippen LogP contribution is 2.39. The van der Waals surface area contributed by atoms with Crippen LogP contribution in [0.5, 0.6) is 0 Å².